The van der Waals surface area contributed by atoms with E-state index in [1.807, 2.05) is 30.3 Å². The second-order valence-electron chi connectivity index (χ2n) is 2.14. The molecule has 0 saturated heterocycles. The van der Waals surface area contributed by atoms with E-state index in [1.54, 1.807) is 0 Å². The van der Waals surface area contributed by atoms with Gasteiger partial charge in [0.05, 0.1) is 0 Å². The average Bonchev–Trinajstić information content (AvgIpc) is 2.06. The molecule has 0 aliphatic heterocycles. The summed E-state index contributed by atoms with van der Waals surface area (Å²) in [6.07, 6.45) is 0.485. The fourth-order valence-corrected chi connectivity index (χ4v) is 0.954. The van der Waals surface area contributed by atoms with Gasteiger partial charge in [0.2, 0.25) is 0 Å². The van der Waals surface area contributed by atoms with Gasteiger partial charge in [-0.05, 0) is 5.56 Å². The molecule has 1 aromatic rings. The summed E-state index contributed by atoms with van der Waals surface area (Å²) in [6.45, 7) is 0. The summed E-state index contributed by atoms with van der Waals surface area (Å²) in [7, 11) is 0. The van der Waals surface area contributed by atoms with E-state index in [4.69, 9.17) is 16.8 Å². The Hall–Kier alpha value is -1.02. The summed E-state index contributed by atoms with van der Waals surface area (Å²) in [5, 5.41) is 11.3. The highest BCUT2D eigenvalue weighted by atomic mass is 35.5. The molecule has 0 spiro atoms. The van der Waals surface area contributed by atoms with Gasteiger partial charge in [-0.15, -0.1) is 0 Å². The summed E-state index contributed by atoms with van der Waals surface area (Å²) in [6, 6.07) is 9.60. The first-order chi connectivity index (χ1) is 5.33. The Labute approximate surface area is 70.1 Å². The lowest BCUT2D eigenvalue weighted by molar-refractivity contribution is 0.319. The third kappa shape index (κ3) is 2.60. The molecule has 0 heterocycles. The first-order valence-corrected chi connectivity index (χ1v) is 3.61. The average molecular weight is 170 g/mol. The molecule has 11 heavy (non-hydrogen) atoms. The molecular formula is C8H8ClNO. The smallest absolute Gasteiger partial charge is 0.149 e. The highest BCUT2D eigenvalue weighted by molar-refractivity contribution is 6.65. The fraction of sp³-hybridized carbons (Fsp3) is 0.125. The molecule has 0 bridgehead atoms. The second kappa shape index (κ2) is 3.98. The first kappa shape index (κ1) is 8.08. The molecule has 0 aromatic heterocycles. The molecule has 0 amide bonds. The van der Waals surface area contributed by atoms with Crippen molar-refractivity contribution in [2.24, 2.45) is 5.16 Å². The van der Waals surface area contributed by atoms with Crippen LogP contribution in [0, 0.1) is 0 Å². The summed E-state index contributed by atoms with van der Waals surface area (Å²) in [5.74, 6) is 0. The highest BCUT2D eigenvalue weighted by Crippen LogP contribution is 2.02. The Morgan fingerprint density at radius 1 is 1.36 bits per heavy atom. The third-order valence-corrected chi connectivity index (χ3v) is 1.51. The van der Waals surface area contributed by atoms with Crippen molar-refractivity contribution < 1.29 is 5.21 Å². The molecule has 58 valence electrons. The summed E-state index contributed by atoms with van der Waals surface area (Å²) in [5.41, 5.74) is 1.04. The van der Waals surface area contributed by atoms with Crippen LogP contribution in [0.3, 0.4) is 0 Å². The van der Waals surface area contributed by atoms with Crippen LogP contribution < -0.4 is 0 Å². The van der Waals surface area contributed by atoms with E-state index in [-0.39, 0.29) is 5.17 Å². The molecule has 0 aliphatic carbocycles. The fourth-order valence-electron chi connectivity index (χ4n) is 0.800. The molecule has 3 heteroatoms. The SMILES string of the molecule is ON=C(Cl)Cc1ccccc1. The van der Waals surface area contributed by atoms with Gasteiger partial charge in [0.1, 0.15) is 5.17 Å². The second-order valence-corrected chi connectivity index (χ2v) is 2.57. The van der Waals surface area contributed by atoms with Crippen molar-refractivity contribution in [3.05, 3.63) is 35.9 Å². The minimum absolute atomic E-state index is 0.205. The molecule has 0 radical (unpaired) electrons. The molecule has 0 aliphatic rings. The lowest BCUT2D eigenvalue weighted by Crippen LogP contribution is -1.93. The zero-order valence-electron chi connectivity index (χ0n) is 5.87. The maximum absolute atomic E-state index is 8.25. The zero-order chi connectivity index (χ0) is 8.10. The summed E-state index contributed by atoms with van der Waals surface area (Å²) >= 11 is 5.50. The van der Waals surface area contributed by atoms with E-state index >= 15 is 0 Å². The van der Waals surface area contributed by atoms with Crippen LogP contribution in [0.1, 0.15) is 5.56 Å². The number of hydrogen-bond donors (Lipinski definition) is 1. The van der Waals surface area contributed by atoms with Crippen LogP contribution in [-0.4, -0.2) is 10.4 Å². The van der Waals surface area contributed by atoms with E-state index in [1.165, 1.54) is 0 Å². The molecule has 0 saturated carbocycles. The number of benzene rings is 1. The predicted octanol–water partition coefficient (Wildman–Crippen LogP) is 2.26. The number of nitrogens with zero attached hydrogens (tertiary/aromatic N) is 1. The van der Waals surface area contributed by atoms with Gasteiger partial charge in [0, 0.05) is 6.42 Å². The van der Waals surface area contributed by atoms with E-state index in [2.05, 4.69) is 5.16 Å². The number of halogens is 1. The van der Waals surface area contributed by atoms with Gasteiger partial charge in [0.25, 0.3) is 0 Å². The monoisotopic (exact) mass is 169 g/mol. The van der Waals surface area contributed by atoms with Gasteiger partial charge in [-0.1, -0.05) is 47.1 Å². The van der Waals surface area contributed by atoms with E-state index in [0.717, 1.165) is 5.56 Å². The molecule has 2 nitrogen and oxygen atoms in total. The van der Waals surface area contributed by atoms with Gasteiger partial charge >= 0.3 is 0 Å². The van der Waals surface area contributed by atoms with Crippen LogP contribution in [0.5, 0.6) is 0 Å². The van der Waals surface area contributed by atoms with Crippen molar-refractivity contribution in [2.75, 3.05) is 0 Å². The maximum atomic E-state index is 8.25. The van der Waals surface area contributed by atoms with E-state index in [0.29, 0.717) is 6.42 Å². The number of hydrogen-bond acceptors (Lipinski definition) is 2. The van der Waals surface area contributed by atoms with Gasteiger partial charge in [-0.2, -0.15) is 0 Å². The van der Waals surface area contributed by atoms with Crippen LogP contribution in [0.15, 0.2) is 35.5 Å². The van der Waals surface area contributed by atoms with E-state index < -0.39 is 0 Å². The predicted molar refractivity (Wildman–Crippen MR) is 45.2 cm³/mol. The Morgan fingerprint density at radius 3 is 2.55 bits per heavy atom. The van der Waals surface area contributed by atoms with Crippen molar-refractivity contribution in [2.45, 2.75) is 6.42 Å². The van der Waals surface area contributed by atoms with Gasteiger partial charge in [-0.25, -0.2) is 0 Å². The maximum Gasteiger partial charge on any atom is 0.149 e. The highest BCUT2D eigenvalue weighted by Gasteiger charge is 1.95. The summed E-state index contributed by atoms with van der Waals surface area (Å²) in [4.78, 5) is 0. The normalized spacial score (nSPS) is 11.5. The van der Waals surface area contributed by atoms with Crippen molar-refractivity contribution in [3.8, 4) is 0 Å². The van der Waals surface area contributed by atoms with Crippen LogP contribution in [-0.2, 0) is 6.42 Å². The molecule has 1 rings (SSSR count). The molecule has 1 N–H and O–H groups in total. The Kier molecular flexibility index (Phi) is 2.93. The van der Waals surface area contributed by atoms with Crippen molar-refractivity contribution in [3.63, 3.8) is 0 Å². The number of rotatable bonds is 2. The van der Waals surface area contributed by atoms with Crippen LogP contribution in [0.25, 0.3) is 0 Å². The quantitative estimate of drug-likeness (QED) is 0.411. The summed E-state index contributed by atoms with van der Waals surface area (Å²) < 4.78 is 0. The Morgan fingerprint density at radius 2 is 2.00 bits per heavy atom. The minimum atomic E-state index is 0.205. The minimum Gasteiger partial charge on any atom is -0.410 e. The Balaban J connectivity index is 2.65. The number of oxime groups is 1. The topological polar surface area (TPSA) is 32.6 Å². The molecule has 0 atom stereocenters. The molecule has 0 fully saturated rings. The van der Waals surface area contributed by atoms with Crippen LogP contribution >= 0.6 is 11.6 Å². The van der Waals surface area contributed by atoms with Crippen molar-refractivity contribution in [1.29, 1.82) is 0 Å². The standard InChI is InChI=1S/C8H8ClNO/c9-8(10-11)6-7-4-2-1-3-5-7/h1-5,11H,6H2. The van der Waals surface area contributed by atoms with Crippen molar-refractivity contribution in [1.82, 2.24) is 0 Å². The molecule has 1 aromatic carbocycles. The van der Waals surface area contributed by atoms with Crippen LogP contribution in [0.4, 0.5) is 0 Å². The van der Waals surface area contributed by atoms with Gasteiger partial charge in [-0.3, -0.25) is 0 Å². The van der Waals surface area contributed by atoms with E-state index in [9.17, 15) is 0 Å². The van der Waals surface area contributed by atoms with Gasteiger partial charge < -0.3 is 5.21 Å². The lowest BCUT2D eigenvalue weighted by Gasteiger charge is -1.95. The Bertz CT molecular complexity index is 246. The van der Waals surface area contributed by atoms with Crippen LogP contribution in [0.2, 0.25) is 0 Å². The largest absolute Gasteiger partial charge is 0.410 e. The molecule has 0 unspecified atom stereocenters. The van der Waals surface area contributed by atoms with Crippen molar-refractivity contribution >= 4 is 16.8 Å². The molecular weight excluding hydrogens is 162 g/mol. The lowest BCUT2D eigenvalue weighted by atomic mass is 10.2. The third-order valence-electron chi connectivity index (χ3n) is 1.30. The zero-order valence-corrected chi connectivity index (χ0v) is 6.62. The first-order valence-electron chi connectivity index (χ1n) is 3.23. The van der Waals surface area contributed by atoms with Gasteiger partial charge in [0.15, 0.2) is 0 Å².